The minimum Gasteiger partial charge on any atom is -0.467 e. The fourth-order valence-corrected chi connectivity index (χ4v) is 6.03. The maximum atomic E-state index is 13.3. The standard InChI is InChI=1S/C20H23F2N7O3S2/c1-20(3-4-20)28-34(30,31)11-9-12-14(13(10-11)29-7-5-23-6-8-29)24-19(32-2)25-15(12)17-26-27-18(33-17)16(21)22/h9-10,16,23,28H,3-8H2,1-2H3. The summed E-state index contributed by atoms with van der Waals surface area (Å²) in [4.78, 5) is 10.9. The third-order valence-corrected chi connectivity index (χ3v) is 8.45. The Kier molecular flexibility index (Phi) is 5.86. The Morgan fingerprint density at radius 2 is 1.94 bits per heavy atom. The quantitative estimate of drug-likeness (QED) is 0.492. The van der Waals surface area contributed by atoms with Gasteiger partial charge in [-0.1, -0.05) is 11.3 Å². The summed E-state index contributed by atoms with van der Waals surface area (Å²) in [6.45, 7) is 4.57. The van der Waals surface area contributed by atoms with E-state index in [1.165, 1.54) is 13.2 Å². The summed E-state index contributed by atoms with van der Waals surface area (Å²) in [7, 11) is -2.46. The van der Waals surface area contributed by atoms with Gasteiger partial charge in [-0.2, -0.15) is 9.97 Å². The minimum absolute atomic E-state index is 0.0203. The van der Waals surface area contributed by atoms with Gasteiger partial charge in [0, 0.05) is 37.1 Å². The second kappa shape index (κ2) is 8.59. The maximum Gasteiger partial charge on any atom is 0.317 e. The summed E-state index contributed by atoms with van der Waals surface area (Å²) in [6.07, 6.45) is -1.26. The van der Waals surface area contributed by atoms with Gasteiger partial charge in [-0.3, -0.25) is 0 Å². The molecule has 0 radical (unpaired) electrons. The zero-order chi connectivity index (χ0) is 24.1. The summed E-state index contributed by atoms with van der Waals surface area (Å²) in [6, 6.07) is 3.09. The zero-order valence-corrected chi connectivity index (χ0v) is 20.1. The monoisotopic (exact) mass is 511 g/mol. The molecule has 1 aliphatic heterocycles. The molecular weight excluding hydrogens is 488 g/mol. The summed E-state index contributed by atoms with van der Waals surface area (Å²) in [5.41, 5.74) is 0.778. The van der Waals surface area contributed by atoms with Gasteiger partial charge in [-0.05, 0) is 31.9 Å². The van der Waals surface area contributed by atoms with Crippen LogP contribution in [0.3, 0.4) is 0 Å². The number of halogens is 2. The first-order chi connectivity index (χ1) is 16.2. The lowest BCUT2D eigenvalue weighted by Gasteiger charge is -2.30. The second-order valence-electron chi connectivity index (χ2n) is 8.55. The number of aromatic nitrogens is 4. The molecule has 1 saturated heterocycles. The Balaban J connectivity index is 1.75. The summed E-state index contributed by atoms with van der Waals surface area (Å²) in [5.74, 6) is 0. The minimum atomic E-state index is -3.86. The van der Waals surface area contributed by atoms with Crippen LogP contribution in [0.1, 0.15) is 31.2 Å². The number of piperazine rings is 1. The molecule has 14 heteroatoms. The number of hydrogen-bond acceptors (Lipinski definition) is 10. The Labute approximate surface area is 198 Å². The number of rotatable bonds is 7. The summed E-state index contributed by atoms with van der Waals surface area (Å²) < 4.78 is 61.0. The van der Waals surface area contributed by atoms with E-state index in [1.54, 1.807) is 6.07 Å². The van der Waals surface area contributed by atoms with E-state index < -0.39 is 27.0 Å². The van der Waals surface area contributed by atoms with Crippen molar-refractivity contribution in [1.82, 2.24) is 30.2 Å². The molecule has 0 spiro atoms. The molecule has 0 bridgehead atoms. The van der Waals surface area contributed by atoms with Gasteiger partial charge in [0.25, 0.3) is 6.43 Å². The van der Waals surface area contributed by atoms with E-state index in [9.17, 15) is 17.2 Å². The van der Waals surface area contributed by atoms with E-state index in [-0.39, 0.29) is 21.6 Å². The van der Waals surface area contributed by atoms with Gasteiger partial charge in [0.2, 0.25) is 10.0 Å². The first-order valence-corrected chi connectivity index (χ1v) is 13.0. The van der Waals surface area contributed by atoms with Gasteiger partial charge >= 0.3 is 6.01 Å². The van der Waals surface area contributed by atoms with E-state index in [0.29, 0.717) is 41.0 Å². The van der Waals surface area contributed by atoms with E-state index in [4.69, 9.17) is 4.74 Å². The summed E-state index contributed by atoms with van der Waals surface area (Å²) in [5, 5.41) is 10.8. The van der Waals surface area contributed by atoms with Gasteiger partial charge in [0.15, 0.2) is 10.0 Å². The summed E-state index contributed by atoms with van der Waals surface area (Å²) >= 11 is 0.696. The SMILES string of the molecule is COc1nc(-c2nnc(C(F)F)s2)c2cc(S(=O)(=O)NC3(C)CC3)cc(N3CCNCC3)c2n1. The Morgan fingerprint density at radius 1 is 1.21 bits per heavy atom. The molecule has 2 fully saturated rings. The van der Waals surface area contributed by atoms with Crippen LogP contribution in [-0.2, 0) is 10.0 Å². The number of methoxy groups -OCH3 is 1. The average molecular weight is 512 g/mol. The average Bonchev–Trinajstić information content (AvgIpc) is 3.32. The Morgan fingerprint density at radius 3 is 2.56 bits per heavy atom. The largest absolute Gasteiger partial charge is 0.467 e. The van der Waals surface area contributed by atoms with Crippen LogP contribution in [0, 0.1) is 0 Å². The molecular formula is C20H23F2N7O3S2. The third-order valence-electron chi connectivity index (χ3n) is 5.89. The van der Waals surface area contributed by atoms with Crippen molar-refractivity contribution in [3.05, 3.63) is 17.1 Å². The molecule has 10 nitrogen and oxygen atoms in total. The van der Waals surface area contributed by atoms with Crippen LogP contribution in [-0.4, -0.2) is 67.4 Å². The molecule has 0 unspecified atom stereocenters. The van der Waals surface area contributed by atoms with Crippen LogP contribution in [0.5, 0.6) is 6.01 Å². The lowest BCUT2D eigenvalue weighted by atomic mass is 10.1. The number of alkyl halides is 2. The molecule has 0 amide bonds. The maximum absolute atomic E-state index is 13.3. The van der Waals surface area contributed by atoms with Gasteiger partial charge in [0.1, 0.15) is 11.2 Å². The first kappa shape index (κ1) is 23.2. The molecule has 3 aromatic rings. The number of anilines is 1. The molecule has 2 N–H and O–H groups in total. The van der Waals surface area contributed by atoms with E-state index in [2.05, 4.69) is 30.2 Å². The lowest BCUT2D eigenvalue weighted by Crippen LogP contribution is -2.43. The molecule has 0 atom stereocenters. The number of benzene rings is 1. The number of nitrogens with one attached hydrogen (secondary N) is 2. The van der Waals surface area contributed by atoms with Crippen molar-refractivity contribution in [3.63, 3.8) is 0 Å². The highest BCUT2D eigenvalue weighted by atomic mass is 32.2. The molecule has 5 rings (SSSR count). The van der Waals surface area contributed by atoms with Crippen LogP contribution >= 0.6 is 11.3 Å². The Hall–Kier alpha value is -2.55. The first-order valence-electron chi connectivity index (χ1n) is 10.7. The highest BCUT2D eigenvalue weighted by Crippen LogP contribution is 2.40. The van der Waals surface area contributed by atoms with Crippen molar-refractivity contribution in [3.8, 4) is 16.7 Å². The van der Waals surface area contributed by atoms with Crippen molar-refractivity contribution in [2.24, 2.45) is 0 Å². The zero-order valence-electron chi connectivity index (χ0n) is 18.5. The fraction of sp³-hybridized carbons (Fsp3) is 0.500. The number of hydrogen-bond donors (Lipinski definition) is 2. The smallest absolute Gasteiger partial charge is 0.317 e. The highest BCUT2D eigenvalue weighted by molar-refractivity contribution is 7.89. The second-order valence-corrected chi connectivity index (χ2v) is 11.2. The molecule has 34 heavy (non-hydrogen) atoms. The molecule has 3 heterocycles. The predicted molar refractivity (Wildman–Crippen MR) is 123 cm³/mol. The fourth-order valence-electron chi connectivity index (χ4n) is 3.82. The van der Waals surface area contributed by atoms with Crippen molar-refractivity contribution < 1.29 is 21.9 Å². The normalized spacial score (nSPS) is 18.0. The number of ether oxygens (including phenoxy) is 1. The van der Waals surface area contributed by atoms with Crippen molar-refractivity contribution in [2.75, 3.05) is 38.2 Å². The number of fused-ring (bicyclic) bond motifs is 1. The van der Waals surface area contributed by atoms with E-state index in [0.717, 1.165) is 25.9 Å². The highest BCUT2D eigenvalue weighted by Gasteiger charge is 2.41. The van der Waals surface area contributed by atoms with Crippen LogP contribution in [0.4, 0.5) is 14.5 Å². The van der Waals surface area contributed by atoms with Gasteiger partial charge in [-0.25, -0.2) is 21.9 Å². The Bertz CT molecular complexity index is 1340. The number of nitrogens with zero attached hydrogens (tertiary/aromatic N) is 5. The molecule has 1 aliphatic carbocycles. The lowest BCUT2D eigenvalue weighted by molar-refractivity contribution is 0.150. The van der Waals surface area contributed by atoms with Crippen molar-refractivity contribution >= 4 is 38.0 Å². The molecule has 1 aromatic carbocycles. The van der Waals surface area contributed by atoms with E-state index in [1.807, 2.05) is 11.8 Å². The van der Waals surface area contributed by atoms with Crippen LogP contribution in [0.2, 0.25) is 0 Å². The molecule has 182 valence electrons. The van der Waals surface area contributed by atoms with E-state index >= 15 is 0 Å². The molecule has 2 aromatic heterocycles. The topological polar surface area (TPSA) is 122 Å². The number of sulfonamides is 1. The van der Waals surface area contributed by atoms with Crippen LogP contribution in [0.15, 0.2) is 17.0 Å². The van der Waals surface area contributed by atoms with Crippen LogP contribution < -0.4 is 19.7 Å². The van der Waals surface area contributed by atoms with Gasteiger partial charge in [-0.15, -0.1) is 10.2 Å². The van der Waals surface area contributed by atoms with Gasteiger partial charge in [0.05, 0.1) is 17.7 Å². The van der Waals surface area contributed by atoms with Gasteiger partial charge < -0.3 is 15.0 Å². The predicted octanol–water partition coefficient (Wildman–Crippen LogP) is 2.33. The molecule has 2 aliphatic rings. The molecule has 1 saturated carbocycles. The van der Waals surface area contributed by atoms with Crippen LogP contribution in [0.25, 0.3) is 21.6 Å². The third kappa shape index (κ3) is 4.42. The van der Waals surface area contributed by atoms with Crippen molar-refractivity contribution in [1.29, 1.82) is 0 Å². The van der Waals surface area contributed by atoms with Crippen molar-refractivity contribution in [2.45, 2.75) is 36.6 Å².